The molecule has 0 spiro atoms. The van der Waals surface area contributed by atoms with Crippen molar-refractivity contribution >= 4 is 53.3 Å². The number of rotatable bonds is 3. The van der Waals surface area contributed by atoms with Gasteiger partial charge in [-0.05, 0) is 47.5 Å². The summed E-state index contributed by atoms with van der Waals surface area (Å²) in [5.74, 6) is 1.33. The van der Waals surface area contributed by atoms with E-state index in [1.165, 1.54) is 43.6 Å². The predicted molar refractivity (Wildman–Crippen MR) is 154 cm³/mol. The van der Waals surface area contributed by atoms with Gasteiger partial charge in [0.25, 0.3) is 0 Å². The topological polar surface area (TPSA) is 69.4 Å². The van der Waals surface area contributed by atoms with E-state index in [1.54, 1.807) is 12.4 Å². The van der Waals surface area contributed by atoms with E-state index in [-0.39, 0.29) is 0 Å². The van der Waals surface area contributed by atoms with Gasteiger partial charge >= 0.3 is 0 Å². The molecule has 0 radical (unpaired) electrons. The van der Waals surface area contributed by atoms with E-state index in [0.717, 1.165) is 27.7 Å². The van der Waals surface area contributed by atoms with Crippen LogP contribution >= 0.6 is 11.3 Å². The Hall–Kier alpha value is -5.01. The zero-order chi connectivity index (χ0) is 25.1. The highest BCUT2D eigenvalue weighted by Gasteiger charge is 2.19. The van der Waals surface area contributed by atoms with E-state index < -0.39 is 0 Å². The highest BCUT2D eigenvalue weighted by Crippen LogP contribution is 2.43. The lowest BCUT2D eigenvalue weighted by molar-refractivity contribution is 0.989. The first kappa shape index (κ1) is 21.1. The van der Waals surface area contributed by atoms with Gasteiger partial charge in [0.15, 0.2) is 5.82 Å². The Morgan fingerprint density at radius 1 is 0.553 bits per heavy atom. The first-order valence-corrected chi connectivity index (χ1v) is 13.1. The maximum Gasteiger partial charge on any atom is 0.234 e. The van der Waals surface area contributed by atoms with Crippen molar-refractivity contribution in [3.8, 4) is 28.5 Å². The van der Waals surface area contributed by atoms with Crippen molar-refractivity contribution < 1.29 is 0 Å². The number of nitrogens with zero attached hydrogens (tertiary/aromatic N) is 6. The van der Waals surface area contributed by atoms with E-state index in [0.29, 0.717) is 11.8 Å². The largest absolute Gasteiger partial charge is 0.278 e. The van der Waals surface area contributed by atoms with Crippen LogP contribution in [0.5, 0.6) is 0 Å². The van der Waals surface area contributed by atoms with E-state index in [9.17, 15) is 0 Å². The summed E-state index contributed by atoms with van der Waals surface area (Å²) in [5, 5.41) is 4.97. The van der Waals surface area contributed by atoms with Crippen LogP contribution in [0.4, 0.5) is 0 Å². The van der Waals surface area contributed by atoms with Gasteiger partial charge in [0, 0.05) is 48.9 Å². The molecule has 38 heavy (non-hydrogen) atoms. The fourth-order valence-electron chi connectivity index (χ4n) is 5.33. The molecule has 178 valence electrons. The average Bonchev–Trinajstić information content (AvgIpc) is 3.53. The molecule has 0 amide bonds. The predicted octanol–water partition coefficient (Wildman–Crippen LogP) is 7.46. The fourth-order valence-corrected chi connectivity index (χ4v) is 6.44. The third kappa shape index (κ3) is 3.16. The van der Waals surface area contributed by atoms with Crippen LogP contribution in [0.3, 0.4) is 0 Å². The van der Waals surface area contributed by atoms with Gasteiger partial charge in [0.05, 0.1) is 11.0 Å². The van der Waals surface area contributed by atoms with E-state index in [1.807, 2.05) is 17.4 Å². The van der Waals surface area contributed by atoms with Crippen LogP contribution in [-0.4, -0.2) is 29.5 Å². The van der Waals surface area contributed by atoms with E-state index in [4.69, 9.17) is 0 Å². The van der Waals surface area contributed by atoms with Gasteiger partial charge in [-0.3, -0.25) is 4.57 Å². The van der Waals surface area contributed by atoms with Crippen molar-refractivity contribution in [1.29, 1.82) is 0 Å². The summed E-state index contributed by atoms with van der Waals surface area (Å²) in [6.07, 6.45) is 6.62. The molecule has 0 aliphatic heterocycles. The summed E-state index contributed by atoms with van der Waals surface area (Å²) in [6.45, 7) is 0. The van der Waals surface area contributed by atoms with Crippen molar-refractivity contribution in [1.82, 2.24) is 29.5 Å². The van der Waals surface area contributed by atoms with Crippen LogP contribution in [0.25, 0.3) is 70.4 Å². The highest BCUT2D eigenvalue weighted by atomic mass is 32.1. The first-order valence-electron chi connectivity index (χ1n) is 12.2. The number of fused-ring (bicyclic) bond motifs is 7. The maximum atomic E-state index is 4.61. The van der Waals surface area contributed by atoms with Crippen molar-refractivity contribution in [3.05, 3.63) is 110 Å². The molecule has 0 saturated heterocycles. The van der Waals surface area contributed by atoms with Crippen molar-refractivity contribution in [2.24, 2.45) is 0 Å². The monoisotopic (exact) mass is 506 g/mol. The second-order valence-corrected chi connectivity index (χ2v) is 10.2. The smallest absolute Gasteiger partial charge is 0.234 e. The molecule has 4 heterocycles. The Kier molecular flexibility index (Phi) is 4.59. The molecule has 7 heteroatoms. The standard InChI is InChI=1S/C31H18N6S/c1-2-5-26-22(4-1)29-27(38-26)13-12-25-28(29)23-16-21(10-11-24(23)37(25)31-33-14-3-15-34-31)19-6-8-20(9-7-19)30-35-17-32-18-36-30/h1-18H. The lowest BCUT2D eigenvalue weighted by Gasteiger charge is -2.06. The van der Waals surface area contributed by atoms with E-state index in [2.05, 4.69) is 108 Å². The normalized spacial score (nSPS) is 11.7. The molecule has 0 aliphatic carbocycles. The van der Waals surface area contributed by atoms with Gasteiger partial charge in [-0.25, -0.2) is 24.9 Å². The number of thiophene rings is 1. The van der Waals surface area contributed by atoms with Crippen LogP contribution in [0, 0.1) is 0 Å². The average molecular weight is 507 g/mol. The van der Waals surface area contributed by atoms with Gasteiger partial charge in [-0.2, -0.15) is 0 Å². The van der Waals surface area contributed by atoms with Gasteiger partial charge in [0.2, 0.25) is 5.95 Å². The zero-order valence-electron chi connectivity index (χ0n) is 20.0. The SMILES string of the molecule is c1cnc(-n2c3ccc(-c4ccc(-c5ncncn5)cc4)cc3c3c4c(ccc32)sc2ccccc24)nc1. The van der Waals surface area contributed by atoms with Crippen molar-refractivity contribution in [2.45, 2.75) is 0 Å². The second kappa shape index (κ2) is 8.26. The molecule has 0 unspecified atom stereocenters. The van der Waals surface area contributed by atoms with Gasteiger partial charge in [0.1, 0.15) is 12.7 Å². The zero-order valence-corrected chi connectivity index (χ0v) is 20.8. The first-order chi connectivity index (χ1) is 18.8. The minimum atomic E-state index is 0.666. The van der Waals surface area contributed by atoms with Crippen LogP contribution in [0.1, 0.15) is 0 Å². The second-order valence-electron chi connectivity index (χ2n) is 9.09. The summed E-state index contributed by atoms with van der Waals surface area (Å²) in [5.41, 5.74) is 5.42. The molecule has 4 aromatic carbocycles. The Morgan fingerprint density at radius 3 is 2.13 bits per heavy atom. The molecule has 0 bridgehead atoms. The molecule has 0 saturated carbocycles. The van der Waals surface area contributed by atoms with Gasteiger partial charge in [-0.1, -0.05) is 48.5 Å². The molecule has 0 aliphatic rings. The fraction of sp³-hybridized carbons (Fsp3) is 0. The molecule has 6 nitrogen and oxygen atoms in total. The third-order valence-electron chi connectivity index (χ3n) is 6.99. The highest BCUT2D eigenvalue weighted by molar-refractivity contribution is 7.26. The van der Waals surface area contributed by atoms with Crippen LogP contribution in [0.2, 0.25) is 0 Å². The molecule has 0 atom stereocenters. The van der Waals surface area contributed by atoms with Crippen LogP contribution in [0.15, 0.2) is 110 Å². The van der Waals surface area contributed by atoms with Crippen molar-refractivity contribution in [3.63, 3.8) is 0 Å². The Labute approximate surface area is 220 Å². The molecule has 0 fully saturated rings. The number of hydrogen-bond donors (Lipinski definition) is 0. The van der Waals surface area contributed by atoms with Gasteiger partial charge in [-0.15, -0.1) is 11.3 Å². The van der Waals surface area contributed by atoms with Crippen molar-refractivity contribution in [2.75, 3.05) is 0 Å². The molecule has 8 aromatic rings. The number of hydrogen-bond acceptors (Lipinski definition) is 6. The molecule has 8 rings (SSSR count). The molecule has 0 N–H and O–H groups in total. The number of aromatic nitrogens is 6. The summed E-state index contributed by atoms with van der Waals surface area (Å²) in [4.78, 5) is 21.7. The van der Waals surface area contributed by atoms with Crippen LogP contribution in [-0.2, 0) is 0 Å². The molecular formula is C31H18N6S. The minimum Gasteiger partial charge on any atom is -0.278 e. The summed E-state index contributed by atoms with van der Waals surface area (Å²) in [7, 11) is 0. The summed E-state index contributed by atoms with van der Waals surface area (Å²) < 4.78 is 4.74. The van der Waals surface area contributed by atoms with Crippen LogP contribution < -0.4 is 0 Å². The minimum absolute atomic E-state index is 0.666. The number of benzene rings is 4. The Bertz CT molecular complexity index is 2110. The lowest BCUT2D eigenvalue weighted by atomic mass is 10.00. The Morgan fingerprint density at radius 2 is 1.29 bits per heavy atom. The maximum absolute atomic E-state index is 4.61. The summed E-state index contributed by atoms with van der Waals surface area (Å²) in [6, 6.07) is 29.9. The molecular weight excluding hydrogens is 488 g/mol. The molecule has 4 aromatic heterocycles. The van der Waals surface area contributed by atoms with Gasteiger partial charge < -0.3 is 0 Å². The third-order valence-corrected chi connectivity index (χ3v) is 8.13. The summed E-state index contributed by atoms with van der Waals surface area (Å²) >= 11 is 1.83. The lowest BCUT2D eigenvalue weighted by Crippen LogP contribution is -1.99. The quantitative estimate of drug-likeness (QED) is 0.249. The Balaban J connectivity index is 1.41. The van der Waals surface area contributed by atoms with E-state index >= 15 is 0 Å².